The van der Waals surface area contributed by atoms with Gasteiger partial charge in [-0.25, -0.2) is 0 Å². The Morgan fingerprint density at radius 3 is 2.92 bits per heavy atom. The molecule has 0 bridgehead atoms. The lowest BCUT2D eigenvalue weighted by molar-refractivity contribution is 0.898. The van der Waals surface area contributed by atoms with Crippen molar-refractivity contribution in [3.8, 4) is 0 Å². The molecule has 0 unspecified atom stereocenters. The van der Waals surface area contributed by atoms with Gasteiger partial charge < -0.3 is 0 Å². The maximum atomic E-state index is 6.06. The lowest BCUT2D eigenvalue weighted by Crippen LogP contribution is -1.92. The van der Waals surface area contributed by atoms with Crippen molar-refractivity contribution in [1.82, 2.24) is 14.6 Å². The third kappa shape index (κ3) is 1.04. The first-order valence-electron chi connectivity index (χ1n) is 4.36. The molecule has 0 spiro atoms. The molecular weight excluding hydrogens is 186 g/mol. The first-order chi connectivity index (χ1) is 6.36. The molecule has 4 heteroatoms. The van der Waals surface area contributed by atoms with E-state index in [-0.39, 0.29) is 0 Å². The summed E-state index contributed by atoms with van der Waals surface area (Å²) in [5, 5.41) is 8.91. The maximum Gasteiger partial charge on any atom is 0.161 e. The highest BCUT2D eigenvalue weighted by atomic mass is 35.5. The van der Waals surface area contributed by atoms with Gasteiger partial charge in [-0.2, -0.15) is 0 Å². The summed E-state index contributed by atoms with van der Waals surface area (Å²) in [6.07, 6.45) is 2.43. The van der Waals surface area contributed by atoms with Crippen LogP contribution in [0.4, 0.5) is 0 Å². The number of fused-ring (bicyclic) bond motifs is 1. The van der Waals surface area contributed by atoms with Crippen molar-refractivity contribution in [2.75, 3.05) is 0 Å². The molecule has 3 nitrogen and oxygen atoms in total. The lowest BCUT2D eigenvalue weighted by Gasteiger charge is -1.98. The Kier molecular flexibility index (Phi) is 1.38. The smallest absolute Gasteiger partial charge is 0.161 e. The highest BCUT2D eigenvalue weighted by Gasteiger charge is 2.29. The molecule has 0 amide bonds. The summed E-state index contributed by atoms with van der Waals surface area (Å²) in [6.45, 7) is 0. The number of aromatic nitrogens is 3. The van der Waals surface area contributed by atoms with Crippen LogP contribution in [-0.4, -0.2) is 14.6 Å². The Morgan fingerprint density at radius 2 is 2.15 bits per heavy atom. The average molecular weight is 194 g/mol. The molecule has 3 rings (SSSR count). The SMILES string of the molecule is Clc1cccc2nnc(C3CC3)n12. The van der Waals surface area contributed by atoms with E-state index in [1.165, 1.54) is 12.8 Å². The van der Waals surface area contributed by atoms with Crippen LogP contribution in [0, 0.1) is 0 Å². The van der Waals surface area contributed by atoms with Gasteiger partial charge in [0.25, 0.3) is 0 Å². The van der Waals surface area contributed by atoms with Gasteiger partial charge in [-0.15, -0.1) is 10.2 Å². The van der Waals surface area contributed by atoms with Crippen LogP contribution in [0.25, 0.3) is 5.65 Å². The van der Waals surface area contributed by atoms with E-state index in [9.17, 15) is 0 Å². The topological polar surface area (TPSA) is 30.2 Å². The van der Waals surface area contributed by atoms with Crippen LogP contribution in [0.2, 0.25) is 5.15 Å². The van der Waals surface area contributed by atoms with E-state index >= 15 is 0 Å². The minimum atomic E-state index is 0.579. The molecule has 1 fully saturated rings. The number of nitrogens with zero attached hydrogens (tertiary/aromatic N) is 3. The van der Waals surface area contributed by atoms with Crippen molar-refractivity contribution in [3.05, 3.63) is 29.2 Å². The second kappa shape index (κ2) is 2.45. The van der Waals surface area contributed by atoms with Crippen molar-refractivity contribution in [2.24, 2.45) is 0 Å². The molecular formula is C9H8ClN3. The van der Waals surface area contributed by atoms with Crippen LogP contribution < -0.4 is 0 Å². The molecule has 2 aromatic heterocycles. The predicted molar refractivity (Wildman–Crippen MR) is 50.0 cm³/mol. The van der Waals surface area contributed by atoms with E-state index < -0.39 is 0 Å². The van der Waals surface area contributed by atoms with Gasteiger partial charge in [0.1, 0.15) is 11.0 Å². The Labute approximate surface area is 80.3 Å². The summed E-state index contributed by atoms with van der Waals surface area (Å²) < 4.78 is 1.93. The zero-order valence-electron chi connectivity index (χ0n) is 6.94. The van der Waals surface area contributed by atoms with Gasteiger partial charge in [0, 0.05) is 5.92 Å². The summed E-state index contributed by atoms with van der Waals surface area (Å²) >= 11 is 6.06. The van der Waals surface area contributed by atoms with E-state index in [0.717, 1.165) is 11.5 Å². The van der Waals surface area contributed by atoms with Crippen molar-refractivity contribution in [1.29, 1.82) is 0 Å². The monoisotopic (exact) mass is 193 g/mol. The Bertz CT molecular complexity index is 459. The van der Waals surface area contributed by atoms with Gasteiger partial charge in [0.05, 0.1) is 0 Å². The Balaban J connectivity index is 2.34. The van der Waals surface area contributed by atoms with Crippen molar-refractivity contribution in [2.45, 2.75) is 18.8 Å². The van der Waals surface area contributed by atoms with Gasteiger partial charge in [-0.3, -0.25) is 4.40 Å². The summed E-state index contributed by atoms with van der Waals surface area (Å²) in [7, 11) is 0. The van der Waals surface area contributed by atoms with E-state index in [2.05, 4.69) is 10.2 Å². The highest BCUT2D eigenvalue weighted by molar-refractivity contribution is 6.29. The van der Waals surface area contributed by atoms with Gasteiger partial charge in [-0.1, -0.05) is 17.7 Å². The van der Waals surface area contributed by atoms with Gasteiger partial charge in [0.15, 0.2) is 5.65 Å². The molecule has 0 atom stereocenters. The lowest BCUT2D eigenvalue weighted by atomic mass is 10.4. The van der Waals surface area contributed by atoms with Crippen LogP contribution in [-0.2, 0) is 0 Å². The second-order valence-electron chi connectivity index (χ2n) is 3.37. The second-order valence-corrected chi connectivity index (χ2v) is 3.76. The first kappa shape index (κ1) is 7.33. The zero-order valence-corrected chi connectivity index (χ0v) is 7.70. The van der Waals surface area contributed by atoms with Gasteiger partial charge in [-0.05, 0) is 25.0 Å². The normalized spacial score (nSPS) is 16.7. The summed E-state index contributed by atoms with van der Waals surface area (Å²) in [4.78, 5) is 0. The molecule has 1 saturated carbocycles. The molecule has 1 aliphatic carbocycles. The molecule has 0 saturated heterocycles. The highest BCUT2D eigenvalue weighted by Crippen LogP contribution is 2.39. The molecule has 2 heterocycles. The van der Waals surface area contributed by atoms with Crippen LogP contribution >= 0.6 is 11.6 Å². The fourth-order valence-corrected chi connectivity index (χ4v) is 1.78. The Morgan fingerprint density at radius 1 is 1.31 bits per heavy atom. The fraction of sp³-hybridized carbons (Fsp3) is 0.333. The van der Waals surface area contributed by atoms with E-state index in [1.807, 2.05) is 22.6 Å². The van der Waals surface area contributed by atoms with Crippen LogP contribution in [0.1, 0.15) is 24.6 Å². The molecule has 0 aromatic carbocycles. The summed E-state index contributed by atoms with van der Waals surface area (Å²) in [6, 6.07) is 5.68. The van der Waals surface area contributed by atoms with Crippen molar-refractivity contribution < 1.29 is 0 Å². The Hall–Kier alpha value is -1.09. The minimum absolute atomic E-state index is 0.579. The zero-order chi connectivity index (χ0) is 8.84. The molecule has 0 N–H and O–H groups in total. The predicted octanol–water partition coefficient (Wildman–Crippen LogP) is 2.26. The van der Waals surface area contributed by atoms with E-state index in [4.69, 9.17) is 11.6 Å². The van der Waals surface area contributed by atoms with Gasteiger partial charge >= 0.3 is 0 Å². The van der Waals surface area contributed by atoms with E-state index in [0.29, 0.717) is 11.1 Å². The number of hydrogen-bond acceptors (Lipinski definition) is 2. The third-order valence-electron chi connectivity index (χ3n) is 2.35. The van der Waals surface area contributed by atoms with Crippen LogP contribution in [0.15, 0.2) is 18.2 Å². The molecule has 0 aliphatic heterocycles. The average Bonchev–Trinajstić information content (AvgIpc) is 2.87. The standard InChI is InChI=1S/C9H8ClN3/c10-7-2-1-3-8-11-12-9(13(7)8)6-4-5-6/h1-3,6H,4-5H2. The number of pyridine rings is 1. The first-order valence-corrected chi connectivity index (χ1v) is 4.73. The van der Waals surface area contributed by atoms with E-state index in [1.54, 1.807) is 0 Å². The van der Waals surface area contributed by atoms with Crippen molar-refractivity contribution in [3.63, 3.8) is 0 Å². The molecule has 66 valence electrons. The number of rotatable bonds is 1. The van der Waals surface area contributed by atoms with Gasteiger partial charge in [0.2, 0.25) is 0 Å². The quantitative estimate of drug-likeness (QED) is 0.651. The summed E-state index contributed by atoms with van der Waals surface area (Å²) in [5.41, 5.74) is 0.842. The van der Waals surface area contributed by atoms with Crippen molar-refractivity contribution >= 4 is 17.2 Å². The minimum Gasteiger partial charge on any atom is -0.269 e. The molecule has 0 radical (unpaired) electrons. The van der Waals surface area contributed by atoms with Crippen LogP contribution in [0.5, 0.6) is 0 Å². The largest absolute Gasteiger partial charge is 0.269 e. The maximum absolute atomic E-state index is 6.06. The molecule has 1 aliphatic rings. The number of hydrogen-bond donors (Lipinski definition) is 0. The summed E-state index contributed by atoms with van der Waals surface area (Å²) in [5.74, 6) is 1.59. The number of halogens is 1. The molecule has 13 heavy (non-hydrogen) atoms. The molecule has 2 aromatic rings. The fourth-order valence-electron chi connectivity index (χ4n) is 1.53. The van der Waals surface area contributed by atoms with Crippen LogP contribution in [0.3, 0.4) is 0 Å². The third-order valence-corrected chi connectivity index (χ3v) is 2.64.